The van der Waals surface area contributed by atoms with Crippen LogP contribution in [0.2, 0.25) is 5.02 Å². The number of aromatic nitrogens is 1. The first-order valence-corrected chi connectivity index (χ1v) is 8.17. The number of hydrogen-bond donors (Lipinski definition) is 1. The number of pyridine rings is 1. The first-order valence-electron chi connectivity index (χ1n) is 7.38. The second-order valence-corrected chi connectivity index (χ2v) is 6.02. The van der Waals surface area contributed by atoms with E-state index >= 15 is 0 Å². The lowest BCUT2D eigenvalue weighted by Crippen LogP contribution is -2.21. The zero-order valence-electron chi connectivity index (χ0n) is 13.9. The second-order valence-electron chi connectivity index (χ2n) is 5.16. The molecule has 1 aromatic carbocycles. The van der Waals surface area contributed by atoms with Crippen LogP contribution in [0.15, 0.2) is 30.5 Å². The van der Waals surface area contributed by atoms with Gasteiger partial charge in [-0.15, -0.1) is 0 Å². The number of carbonyl (C=O) groups excluding carboxylic acids is 1. The Morgan fingerprint density at radius 1 is 1.42 bits per heavy atom. The number of halogens is 2. The van der Waals surface area contributed by atoms with E-state index in [0.717, 1.165) is 6.07 Å². The monoisotopic (exact) mass is 399 g/mol. The van der Waals surface area contributed by atoms with Gasteiger partial charge in [0.1, 0.15) is 11.5 Å². The van der Waals surface area contributed by atoms with Crippen LogP contribution in [0.5, 0.6) is 17.4 Å². The summed E-state index contributed by atoms with van der Waals surface area (Å²) in [6, 6.07) is 5.58. The number of esters is 1. The first kappa shape index (κ1) is 19.9. The molecule has 9 heteroatoms. The van der Waals surface area contributed by atoms with Gasteiger partial charge in [0.05, 0.1) is 18.6 Å². The number of carbonyl (C=O) groups is 1. The summed E-state index contributed by atoms with van der Waals surface area (Å²) in [6.07, 6.45) is 0.371. The minimum absolute atomic E-state index is 0.127. The number of thiocarbonyl (C=S) groups is 1. The number of methoxy groups -OCH3 is 1. The normalized spacial score (nSPS) is 11.5. The fraction of sp³-hybridized carbons (Fsp3) is 0.235. The van der Waals surface area contributed by atoms with Crippen molar-refractivity contribution in [1.82, 2.24) is 4.98 Å². The number of nitrogens with zero attached hydrogens (tertiary/aromatic N) is 1. The molecule has 0 aliphatic carbocycles. The Morgan fingerprint density at radius 3 is 2.77 bits per heavy atom. The van der Waals surface area contributed by atoms with Crippen molar-refractivity contribution in [3.63, 3.8) is 0 Å². The molecular weight excluding hydrogens is 385 g/mol. The number of aliphatic hydroxyl groups is 1. The van der Waals surface area contributed by atoms with Gasteiger partial charge in [0, 0.05) is 11.8 Å². The lowest BCUT2D eigenvalue weighted by Gasteiger charge is -2.15. The van der Waals surface area contributed by atoms with E-state index in [1.165, 1.54) is 31.5 Å². The van der Waals surface area contributed by atoms with E-state index in [0.29, 0.717) is 11.3 Å². The fourth-order valence-electron chi connectivity index (χ4n) is 1.93. The maximum absolute atomic E-state index is 13.9. The van der Waals surface area contributed by atoms with E-state index in [1.54, 1.807) is 6.92 Å². The summed E-state index contributed by atoms with van der Waals surface area (Å²) in [6.45, 7) is 1.57. The van der Waals surface area contributed by atoms with Gasteiger partial charge in [0.15, 0.2) is 17.0 Å². The molecule has 0 aliphatic rings. The molecule has 1 N–H and O–H groups in total. The fourth-order valence-corrected chi connectivity index (χ4v) is 2.12. The Hall–Kier alpha value is -2.45. The van der Waals surface area contributed by atoms with Gasteiger partial charge in [0.25, 0.3) is 5.88 Å². The van der Waals surface area contributed by atoms with E-state index in [-0.39, 0.29) is 28.1 Å². The number of aliphatic hydroxyl groups excluding tert-OH is 1. The van der Waals surface area contributed by atoms with Crippen molar-refractivity contribution in [3.8, 4) is 17.4 Å². The van der Waals surface area contributed by atoms with Gasteiger partial charge in [-0.05, 0) is 43.4 Å². The molecule has 0 aliphatic heterocycles. The molecule has 0 spiro atoms. The summed E-state index contributed by atoms with van der Waals surface area (Å²) in [4.78, 5) is 15.4. The Labute approximate surface area is 159 Å². The topological polar surface area (TPSA) is 77.9 Å². The minimum Gasteiger partial charge on any atom is -0.499 e. The summed E-state index contributed by atoms with van der Waals surface area (Å²) < 4.78 is 29.5. The predicted octanol–water partition coefficient (Wildman–Crippen LogP) is 4.03. The van der Waals surface area contributed by atoms with Gasteiger partial charge in [0.2, 0.25) is 0 Å². The highest BCUT2D eigenvalue weighted by Gasteiger charge is 2.16. The lowest BCUT2D eigenvalue weighted by molar-refractivity contribution is -0.139. The SMILES string of the molecule is COC(=O)Cc1cc(OC(C)C(O)=S)ccc1Oc1ncc(Cl)cc1F. The Bertz CT molecular complexity index is 833. The third kappa shape index (κ3) is 5.27. The molecule has 0 saturated carbocycles. The lowest BCUT2D eigenvalue weighted by atomic mass is 10.1. The number of ether oxygens (including phenoxy) is 3. The summed E-state index contributed by atoms with van der Waals surface area (Å²) in [5.74, 6) is -1.04. The number of rotatable bonds is 7. The van der Waals surface area contributed by atoms with E-state index in [1.807, 2.05) is 0 Å². The molecule has 0 fully saturated rings. The summed E-state index contributed by atoms with van der Waals surface area (Å²) in [5, 5.41) is 9.10. The van der Waals surface area contributed by atoms with E-state index in [4.69, 9.17) is 21.1 Å². The zero-order valence-corrected chi connectivity index (χ0v) is 15.4. The molecule has 0 bridgehead atoms. The number of benzene rings is 1. The molecule has 1 heterocycles. The maximum atomic E-state index is 13.9. The third-order valence-corrected chi connectivity index (χ3v) is 3.77. The molecule has 26 heavy (non-hydrogen) atoms. The number of hydrogen-bond acceptors (Lipinski definition) is 6. The quantitative estimate of drug-likeness (QED) is 0.556. The first-order chi connectivity index (χ1) is 12.3. The van der Waals surface area contributed by atoms with Crippen LogP contribution in [-0.4, -0.2) is 34.3 Å². The van der Waals surface area contributed by atoms with Crippen LogP contribution >= 0.6 is 23.8 Å². The molecule has 0 amide bonds. The van der Waals surface area contributed by atoms with Crippen molar-refractivity contribution in [2.75, 3.05) is 7.11 Å². The maximum Gasteiger partial charge on any atom is 0.310 e. The average molecular weight is 400 g/mol. The van der Waals surface area contributed by atoms with Crippen LogP contribution in [0.3, 0.4) is 0 Å². The van der Waals surface area contributed by atoms with Crippen LogP contribution in [0.1, 0.15) is 12.5 Å². The Kier molecular flexibility index (Phi) is 6.70. The highest BCUT2D eigenvalue weighted by Crippen LogP contribution is 2.31. The molecule has 1 aromatic heterocycles. The van der Waals surface area contributed by atoms with Gasteiger partial charge in [-0.2, -0.15) is 0 Å². The second kappa shape index (κ2) is 8.77. The van der Waals surface area contributed by atoms with Gasteiger partial charge in [-0.1, -0.05) is 11.6 Å². The standard InChI is InChI=1S/C17H15ClFNO5S/c1-9(17(22)26)24-12-3-4-14(10(5-12)6-15(21)23-2)25-16-13(19)7-11(18)8-20-16/h3-5,7-9H,6H2,1-2H3,(H,22,26). The highest BCUT2D eigenvalue weighted by atomic mass is 35.5. The van der Waals surface area contributed by atoms with Gasteiger partial charge in [-0.3, -0.25) is 4.79 Å². The van der Waals surface area contributed by atoms with Crippen molar-refractivity contribution in [1.29, 1.82) is 0 Å². The smallest absolute Gasteiger partial charge is 0.310 e. The van der Waals surface area contributed by atoms with E-state index in [9.17, 15) is 14.3 Å². The Morgan fingerprint density at radius 2 is 2.15 bits per heavy atom. The molecule has 138 valence electrons. The molecule has 6 nitrogen and oxygen atoms in total. The zero-order chi connectivity index (χ0) is 19.3. The largest absolute Gasteiger partial charge is 0.499 e. The van der Waals surface area contributed by atoms with Crippen molar-refractivity contribution < 1.29 is 28.5 Å². The summed E-state index contributed by atoms with van der Waals surface area (Å²) >= 11 is 10.3. The highest BCUT2D eigenvalue weighted by molar-refractivity contribution is 7.80. The minimum atomic E-state index is -0.749. The van der Waals surface area contributed by atoms with Crippen molar-refractivity contribution in [2.45, 2.75) is 19.4 Å². The molecule has 1 unspecified atom stereocenters. The van der Waals surface area contributed by atoms with Gasteiger partial charge in [-0.25, -0.2) is 9.37 Å². The van der Waals surface area contributed by atoms with Crippen LogP contribution in [0.4, 0.5) is 4.39 Å². The van der Waals surface area contributed by atoms with Crippen molar-refractivity contribution in [3.05, 3.63) is 46.9 Å². The molecule has 0 saturated heterocycles. The van der Waals surface area contributed by atoms with Crippen LogP contribution in [0.25, 0.3) is 0 Å². The summed E-state index contributed by atoms with van der Waals surface area (Å²) in [5.41, 5.74) is 0.376. The van der Waals surface area contributed by atoms with Gasteiger partial charge >= 0.3 is 5.97 Å². The van der Waals surface area contributed by atoms with Gasteiger partial charge < -0.3 is 19.3 Å². The Balaban J connectivity index is 2.34. The molecule has 2 aromatic rings. The van der Waals surface area contributed by atoms with Crippen molar-refractivity contribution in [2.24, 2.45) is 0 Å². The predicted molar refractivity (Wildman–Crippen MR) is 96.8 cm³/mol. The molecular formula is C17H15ClFNO5S. The van der Waals surface area contributed by atoms with Crippen LogP contribution in [-0.2, 0) is 16.0 Å². The summed E-state index contributed by atoms with van der Waals surface area (Å²) in [7, 11) is 1.25. The third-order valence-electron chi connectivity index (χ3n) is 3.24. The van der Waals surface area contributed by atoms with E-state index in [2.05, 4.69) is 21.9 Å². The van der Waals surface area contributed by atoms with E-state index < -0.39 is 17.9 Å². The van der Waals surface area contributed by atoms with Crippen LogP contribution in [0, 0.1) is 5.82 Å². The van der Waals surface area contributed by atoms with Crippen LogP contribution < -0.4 is 9.47 Å². The average Bonchev–Trinajstić information content (AvgIpc) is 2.59. The van der Waals surface area contributed by atoms with Crippen molar-refractivity contribution >= 4 is 34.8 Å². The molecule has 2 rings (SSSR count). The molecule has 1 atom stereocenters. The molecule has 0 radical (unpaired) electrons.